The predicted octanol–water partition coefficient (Wildman–Crippen LogP) is -6.55. The summed E-state index contributed by atoms with van der Waals surface area (Å²) in [6.45, 7) is 52.5. The van der Waals surface area contributed by atoms with Crippen molar-refractivity contribution in [1.82, 2.24) is 0 Å². The van der Waals surface area contributed by atoms with E-state index >= 15 is 0 Å². The van der Waals surface area contributed by atoms with Gasteiger partial charge in [-0.25, -0.2) is 78.9 Å². The van der Waals surface area contributed by atoms with E-state index in [1.807, 2.05) is 0 Å². The molecule has 0 saturated heterocycles. The molecule has 33 heavy (non-hydrogen) atoms. The van der Waals surface area contributed by atoms with Crippen molar-refractivity contribution in [3.63, 3.8) is 0 Å². The third-order valence-electron chi connectivity index (χ3n) is 0. The van der Waals surface area contributed by atoms with Gasteiger partial charge in [-0.15, -0.1) is 0 Å². The van der Waals surface area contributed by atoms with Gasteiger partial charge in [0, 0.05) is 98.6 Å². The van der Waals surface area contributed by atoms with Crippen LogP contribution in [-0.2, 0) is 0 Å². The quantitative estimate of drug-likeness (QED) is 0.292. The Hall–Kier alpha value is -4.65. The van der Waals surface area contributed by atoms with Gasteiger partial charge in [-0.1, -0.05) is 0 Å². The fraction of sp³-hybridized carbons (Fsp3) is 0. The summed E-state index contributed by atoms with van der Waals surface area (Å²) in [4.78, 5) is 0. The molecule has 0 fully saturated rings. The fourth-order valence-electron chi connectivity index (χ4n) is 0. The second-order valence-electron chi connectivity index (χ2n) is 0. The molecule has 0 saturated carbocycles. The number of nitrogens with zero attached hydrogens (tertiary/aromatic N) is 15. The van der Waals surface area contributed by atoms with Gasteiger partial charge in [0.05, 0.1) is 0 Å². The summed E-state index contributed by atoms with van der Waals surface area (Å²) in [5.74, 6) is 0. The van der Waals surface area contributed by atoms with Crippen molar-refractivity contribution in [2.75, 3.05) is 0 Å². The molecule has 0 aromatic carbocycles. The second-order valence-corrected chi connectivity index (χ2v) is 0. The van der Waals surface area contributed by atoms with Crippen molar-refractivity contribution in [2.24, 2.45) is 0 Å². The first kappa shape index (κ1) is 198. The average molecular weight is 477 g/mol. The molecule has 0 atom stereocenters. The van der Waals surface area contributed by atoms with Gasteiger partial charge in [-0.05, 0) is 0 Å². The van der Waals surface area contributed by atoms with E-state index in [1.54, 1.807) is 0 Å². The summed E-state index contributed by atoms with van der Waals surface area (Å²) in [5.41, 5.74) is 0. The van der Waals surface area contributed by atoms with Crippen LogP contribution in [0.4, 0.5) is 0 Å². The van der Waals surface area contributed by atoms with Crippen LogP contribution in [0.15, 0.2) is 0 Å². The minimum absolute atomic E-state index is 0. The first-order valence-corrected chi connectivity index (χ1v) is 3.87. The SMILES string of the molecule is C#N.C#N.C#N.C#N.C#N.C#N.C#N.C#N.C#N.C#N.C#N.C#N.C#N.C#N.C#N.[H-].[H-].[H-].[Na+].[Na+].[Na+]. The molecule has 0 aliphatic heterocycles. The normalized spacial score (nSPS) is 0.909. The maximum Gasteiger partial charge on any atom is 1.00 e. The van der Waals surface area contributed by atoms with Crippen LogP contribution in [0.25, 0.3) is 0 Å². The molecule has 15 nitrogen and oxygen atoms in total. The minimum Gasteiger partial charge on any atom is -1.00 e. The Kier molecular flexibility index (Phi) is 5270. The molecule has 0 aromatic rings. The van der Waals surface area contributed by atoms with Gasteiger partial charge >= 0.3 is 88.7 Å². The Balaban J connectivity index is -0.00000000348. The third-order valence-corrected chi connectivity index (χ3v) is 0. The maximum absolute atomic E-state index is 6.50. The van der Waals surface area contributed by atoms with Gasteiger partial charge in [0.15, 0.2) is 0 Å². The molecule has 0 aromatic heterocycles. The molecule has 0 bridgehead atoms. The Labute approximate surface area is 268 Å². The monoisotopic (exact) mass is 477 g/mol. The van der Waals surface area contributed by atoms with Crippen LogP contribution in [0.2, 0.25) is 0 Å². The summed E-state index contributed by atoms with van der Waals surface area (Å²) in [7, 11) is 0. The Morgan fingerprint density at radius 3 is 0.152 bits per heavy atom. The molecule has 0 unspecified atom stereocenters. The summed E-state index contributed by atoms with van der Waals surface area (Å²) in [5, 5.41) is 97.5. The van der Waals surface area contributed by atoms with E-state index in [0.29, 0.717) is 0 Å². The van der Waals surface area contributed by atoms with Gasteiger partial charge in [0.1, 0.15) is 0 Å². The van der Waals surface area contributed by atoms with Gasteiger partial charge < -0.3 is 4.28 Å². The molecule has 0 N–H and O–H groups in total. The Morgan fingerprint density at radius 1 is 0.152 bits per heavy atom. The number of nitriles is 15. The van der Waals surface area contributed by atoms with Crippen LogP contribution >= 0.6 is 0 Å². The largest absolute Gasteiger partial charge is 1.00 e. The first-order valence-electron chi connectivity index (χ1n) is 3.87. The van der Waals surface area contributed by atoms with Crippen molar-refractivity contribution in [3.8, 4) is 98.6 Å². The van der Waals surface area contributed by atoms with Crippen LogP contribution in [0, 0.1) is 178 Å². The van der Waals surface area contributed by atoms with E-state index in [9.17, 15) is 0 Å². The van der Waals surface area contributed by atoms with Crippen molar-refractivity contribution < 1.29 is 93.0 Å². The van der Waals surface area contributed by atoms with E-state index in [4.69, 9.17) is 78.9 Å². The zero-order valence-electron chi connectivity index (χ0n) is 21.4. The van der Waals surface area contributed by atoms with Gasteiger partial charge in [-0.3, -0.25) is 0 Å². The van der Waals surface area contributed by atoms with Crippen LogP contribution in [-0.4, -0.2) is 0 Å². The van der Waals surface area contributed by atoms with Crippen molar-refractivity contribution >= 4 is 0 Å². The molecular formula is C15H18N15Na3. The Bertz CT molecular complexity index is 307. The number of hydrogen-bond donors (Lipinski definition) is 0. The molecule has 0 aliphatic carbocycles. The molecule has 156 valence electrons. The zero-order valence-corrected chi connectivity index (χ0v) is 24.4. The molecule has 18 heteroatoms. The molecule has 0 heterocycles. The summed E-state index contributed by atoms with van der Waals surface area (Å²) in [6, 6.07) is 0. The minimum atomic E-state index is 0. The molecular weight excluding hydrogens is 459 g/mol. The van der Waals surface area contributed by atoms with Crippen molar-refractivity contribution in [2.45, 2.75) is 0 Å². The average Bonchev–Trinajstić information content (AvgIpc) is 3.00. The number of rotatable bonds is 0. The van der Waals surface area contributed by atoms with Crippen molar-refractivity contribution in [1.29, 1.82) is 78.9 Å². The molecule has 0 amide bonds. The van der Waals surface area contributed by atoms with Gasteiger partial charge in [0.25, 0.3) is 0 Å². The van der Waals surface area contributed by atoms with Crippen LogP contribution < -0.4 is 88.7 Å². The predicted molar refractivity (Wildman–Crippen MR) is 103 cm³/mol. The second kappa shape index (κ2) is 878. The third kappa shape index (κ3) is 813. The summed E-state index contributed by atoms with van der Waals surface area (Å²) >= 11 is 0. The fourth-order valence-corrected chi connectivity index (χ4v) is 0. The Morgan fingerprint density at radius 2 is 0.152 bits per heavy atom. The topological polar surface area (TPSA) is 357 Å². The summed E-state index contributed by atoms with van der Waals surface area (Å²) in [6.07, 6.45) is 0. The zero-order chi connectivity index (χ0) is 30.0. The van der Waals surface area contributed by atoms with Crippen molar-refractivity contribution in [3.05, 3.63) is 0 Å². The summed E-state index contributed by atoms with van der Waals surface area (Å²) < 4.78 is 0. The smallest absolute Gasteiger partial charge is 1.00 e. The molecule has 0 aliphatic rings. The van der Waals surface area contributed by atoms with E-state index in [2.05, 4.69) is 98.6 Å². The molecule has 0 rings (SSSR count). The molecule has 0 radical (unpaired) electrons. The van der Waals surface area contributed by atoms with E-state index < -0.39 is 0 Å². The van der Waals surface area contributed by atoms with Gasteiger partial charge in [-0.2, -0.15) is 0 Å². The standard InChI is InChI=1S/15CHN.3Na.3H/c15*1-2;;;;;;/h15*1H;;;;;;/q;;;;;;;;;;;;;;;3*+1;3*-1. The molecule has 0 spiro atoms. The number of hydrogen-bond acceptors (Lipinski definition) is 15. The maximum atomic E-state index is 6.50. The van der Waals surface area contributed by atoms with E-state index in [1.165, 1.54) is 0 Å². The van der Waals surface area contributed by atoms with Crippen LogP contribution in [0.5, 0.6) is 0 Å². The van der Waals surface area contributed by atoms with Crippen LogP contribution in [0.1, 0.15) is 4.28 Å². The van der Waals surface area contributed by atoms with E-state index in [-0.39, 0.29) is 93.0 Å². The van der Waals surface area contributed by atoms with Gasteiger partial charge in [0.2, 0.25) is 0 Å². The van der Waals surface area contributed by atoms with E-state index in [0.717, 1.165) is 0 Å². The van der Waals surface area contributed by atoms with Crippen LogP contribution in [0.3, 0.4) is 0 Å². The first-order chi connectivity index (χ1) is 15.0.